The molecule has 0 unspecified atom stereocenters. The van der Waals surface area contributed by atoms with Gasteiger partial charge < -0.3 is 0 Å². The molecule has 2 rings (SSSR count). The molecular weight excluding hydrogens is 295 g/mol. The Kier molecular flexibility index (Phi) is 5.69. The van der Waals surface area contributed by atoms with Gasteiger partial charge >= 0.3 is 0 Å². The molecule has 0 aliphatic heterocycles. The summed E-state index contributed by atoms with van der Waals surface area (Å²) in [6.07, 6.45) is 2.27. The minimum Gasteiger partial charge on any atom is -0.0599 e. The van der Waals surface area contributed by atoms with Crippen molar-refractivity contribution in [1.29, 1.82) is 0 Å². The Morgan fingerprint density at radius 3 is 1.13 bits per heavy atom. The predicted molar refractivity (Wildman–Crippen MR) is 107 cm³/mol. The summed E-state index contributed by atoms with van der Waals surface area (Å²) in [6, 6.07) is 18.3. The first-order chi connectivity index (χ1) is 10.6. The number of hydrogen-bond acceptors (Lipinski definition) is 0. The van der Waals surface area contributed by atoms with Gasteiger partial charge in [-0.2, -0.15) is 0 Å². The van der Waals surface area contributed by atoms with E-state index in [1.54, 1.807) is 0 Å². The van der Waals surface area contributed by atoms with Crippen LogP contribution >= 0.6 is 8.58 Å². The predicted octanol–water partition coefficient (Wildman–Crippen LogP) is 5.49. The van der Waals surface area contributed by atoms with E-state index in [-0.39, 0.29) is 0 Å². The molecule has 0 N–H and O–H groups in total. The minimum atomic E-state index is 0.354. The molecule has 2 aromatic rings. The highest BCUT2D eigenvalue weighted by Crippen LogP contribution is 2.22. The van der Waals surface area contributed by atoms with Crippen LogP contribution in [-0.4, -0.2) is 0 Å². The Bertz CT molecular complexity index is 550. The lowest BCUT2D eigenvalue weighted by molar-refractivity contribution is 0.411. The molecule has 0 radical (unpaired) electrons. The molecule has 0 atom stereocenters. The maximum Gasteiger partial charge on any atom is -0.0226 e. The zero-order valence-electron chi connectivity index (χ0n) is 15.5. The molecule has 0 fully saturated rings. The van der Waals surface area contributed by atoms with Gasteiger partial charge in [0.1, 0.15) is 0 Å². The maximum atomic E-state index is 2.29. The first-order valence-corrected chi connectivity index (χ1v) is 9.56. The molecule has 0 aliphatic rings. The molecule has 0 bridgehead atoms. The fraction of sp³-hybridized carbons (Fsp3) is 0.455. The first-order valence-electron chi connectivity index (χ1n) is 8.56. The second-order valence-corrected chi connectivity index (χ2v) is 10.4. The molecule has 0 aromatic heterocycles. The second kappa shape index (κ2) is 7.18. The minimum absolute atomic E-state index is 0.354. The van der Waals surface area contributed by atoms with E-state index >= 15 is 0 Å². The van der Waals surface area contributed by atoms with E-state index in [1.165, 1.54) is 21.7 Å². The molecule has 0 spiro atoms. The SMILES string of the molecule is CC(C)(C)Cc1ccc(Pc2ccc(CC(C)(C)C)cc2)cc1. The average Bonchev–Trinajstić information content (AvgIpc) is 2.40. The van der Waals surface area contributed by atoms with Crippen molar-refractivity contribution in [3.05, 3.63) is 59.7 Å². The summed E-state index contributed by atoms with van der Waals surface area (Å²) < 4.78 is 0. The van der Waals surface area contributed by atoms with Crippen LogP contribution < -0.4 is 10.6 Å². The molecule has 0 heterocycles. The van der Waals surface area contributed by atoms with Gasteiger partial charge in [-0.05, 0) is 45.4 Å². The number of rotatable bonds is 4. The molecule has 1 heteroatoms. The van der Waals surface area contributed by atoms with Crippen LogP contribution in [0.4, 0.5) is 0 Å². The van der Waals surface area contributed by atoms with E-state index < -0.39 is 0 Å². The van der Waals surface area contributed by atoms with Crippen molar-refractivity contribution in [3.8, 4) is 0 Å². The fourth-order valence-electron chi connectivity index (χ4n) is 2.80. The lowest BCUT2D eigenvalue weighted by Gasteiger charge is -2.18. The third kappa shape index (κ3) is 6.88. The van der Waals surface area contributed by atoms with Gasteiger partial charge in [-0.3, -0.25) is 0 Å². The summed E-state index contributed by atoms with van der Waals surface area (Å²) in [6.45, 7) is 13.8. The molecule has 23 heavy (non-hydrogen) atoms. The highest BCUT2D eigenvalue weighted by Gasteiger charge is 2.12. The summed E-state index contributed by atoms with van der Waals surface area (Å²) >= 11 is 0. The third-order valence-electron chi connectivity index (χ3n) is 3.67. The molecule has 124 valence electrons. The van der Waals surface area contributed by atoms with Gasteiger partial charge in [-0.15, -0.1) is 0 Å². The Morgan fingerprint density at radius 1 is 0.565 bits per heavy atom. The summed E-state index contributed by atoms with van der Waals surface area (Å²) in [7, 11) is 0.746. The molecule has 0 saturated heterocycles. The zero-order chi connectivity index (χ0) is 17.1. The van der Waals surface area contributed by atoms with Crippen LogP contribution in [0.3, 0.4) is 0 Å². The van der Waals surface area contributed by atoms with Crippen LogP contribution in [0.15, 0.2) is 48.5 Å². The maximum absolute atomic E-state index is 2.29. The van der Waals surface area contributed by atoms with Crippen molar-refractivity contribution in [1.82, 2.24) is 0 Å². The third-order valence-corrected chi connectivity index (χ3v) is 4.91. The van der Waals surface area contributed by atoms with Crippen LogP contribution in [0.1, 0.15) is 52.7 Å². The summed E-state index contributed by atoms with van der Waals surface area (Å²) in [5, 5.41) is 2.84. The normalized spacial score (nSPS) is 12.4. The molecule has 0 saturated carbocycles. The molecular formula is C22H31P. The van der Waals surface area contributed by atoms with Crippen LogP contribution in [0, 0.1) is 10.8 Å². The van der Waals surface area contributed by atoms with Gasteiger partial charge in [0.2, 0.25) is 0 Å². The number of benzene rings is 2. The van der Waals surface area contributed by atoms with Crippen LogP contribution in [0.5, 0.6) is 0 Å². The molecule has 0 amide bonds. The lowest BCUT2D eigenvalue weighted by atomic mass is 9.88. The Balaban J connectivity index is 1.99. The smallest absolute Gasteiger partial charge is 0.0226 e. The fourth-order valence-corrected chi connectivity index (χ4v) is 3.80. The van der Waals surface area contributed by atoms with Gasteiger partial charge in [0.05, 0.1) is 0 Å². The van der Waals surface area contributed by atoms with Crippen molar-refractivity contribution in [2.75, 3.05) is 0 Å². The Morgan fingerprint density at radius 2 is 0.870 bits per heavy atom. The van der Waals surface area contributed by atoms with Crippen LogP contribution in [0.2, 0.25) is 0 Å². The van der Waals surface area contributed by atoms with Crippen molar-refractivity contribution in [3.63, 3.8) is 0 Å². The Labute approximate surface area is 144 Å². The average molecular weight is 326 g/mol. The quantitative estimate of drug-likeness (QED) is 0.651. The topological polar surface area (TPSA) is 0 Å². The zero-order valence-corrected chi connectivity index (χ0v) is 16.5. The van der Waals surface area contributed by atoms with Crippen molar-refractivity contribution in [2.45, 2.75) is 54.4 Å². The van der Waals surface area contributed by atoms with E-state index in [2.05, 4.69) is 90.1 Å². The van der Waals surface area contributed by atoms with E-state index in [0.717, 1.165) is 21.4 Å². The summed E-state index contributed by atoms with van der Waals surface area (Å²) in [5.41, 5.74) is 3.58. The summed E-state index contributed by atoms with van der Waals surface area (Å²) in [5.74, 6) is 0. The lowest BCUT2D eigenvalue weighted by Crippen LogP contribution is -2.11. The van der Waals surface area contributed by atoms with Crippen LogP contribution in [-0.2, 0) is 12.8 Å². The summed E-state index contributed by atoms with van der Waals surface area (Å²) in [4.78, 5) is 0. The monoisotopic (exact) mass is 326 g/mol. The van der Waals surface area contributed by atoms with E-state index in [1.807, 2.05) is 0 Å². The van der Waals surface area contributed by atoms with Crippen LogP contribution in [0.25, 0.3) is 0 Å². The molecule has 0 aliphatic carbocycles. The standard InChI is InChI=1S/C22H31P/c1-21(2,3)15-17-7-11-19(12-8-17)23-20-13-9-18(10-14-20)16-22(4,5)6/h7-14,23H,15-16H2,1-6H3. The van der Waals surface area contributed by atoms with Gasteiger partial charge in [0, 0.05) is 0 Å². The molecule has 0 nitrogen and oxygen atoms in total. The number of hydrogen-bond donors (Lipinski definition) is 0. The van der Waals surface area contributed by atoms with Gasteiger partial charge in [0.15, 0.2) is 0 Å². The Hall–Kier alpha value is -1.13. The van der Waals surface area contributed by atoms with E-state index in [9.17, 15) is 0 Å². The first kappa shape index (κ1) is 18.2. The van der Waals surface area contributed by atoms with Crippen molar-refractivity contribution >= 4 is 19.2 Å². The second-order valence-electron chi connectivity index (χ2n) is 8.99. The highest BCUT2D eigenvalue weighted by molar-refractivity contribution is 7.55. The van der Waals surface area contributed by atoms with Gasteiger partial charge in [0.25, 0.3) is 0 Å². The van der Waals surface area contributed by atoms with Gasteiger partial charge in [-0.25, -0.2) is 0 Å². The van der Waals surface area contributed by atoms with Gasteiger partial charge in [-0.1, -0.05) is 98.7 Å². The van der Waals surface area contributed by atoms with Crippen molar-refractivity contribution < 1.29 is 0 Å². The van der Waals surface area contributed by atoms with Crippen molar-refractivity contribution in [2.24, 2.45) is 10.8 Å². The van der Waals surface area contributed by atoms with E-state index in [4.69, 9.17) is 0 Å². The van der Waals surface area contributed by atoms with E-state index in [0.29, 0.717) is 10.8 Å². The molecule has 2 aromatic carbocycles. The highest BCUT2D eigenvalue weighted by atomic mass is 31.1. The largest absolute Gasteiger partial charge is 0.0599 e.